The summed E-state index contributed by atoms with van der Waals surface area (Å²) in [6.45, 7) is 6.91. The van der Waals surface area contributed by atoms with Crippen LogP contribution in [0.5, 0.6) is 0 Å². The molecule has 0 bridgehead atoms. The summed E-state index contributed by atoms with van der Waals surface area (Å²) >= 11 is 0. The second-order valence-electron chi connectivity index (χ2n) is 5.05. The highest BCUT2D eigenvalue weighted by Gasteiger charge is 2.24. The fourth-order valence-corrected chi connectivity index (χ4v) is 2.24. The Hall–Kier alpha value is -1.33. The molecule has 1 aromatic heterocycles. The van der Waals surface area contributed by atoms with E-state index in [0.717, 1.165) is 12.7 Å². The quantitative estimate of drug-likeness (QED) is 0.779. The molecule has 5 heteroatoms. The minimum Gasteiger partial charge on any atom is -0.379 e. The number of ketones is 1. The van der Waals surface area contributed by atoms with Gasteiger partial charge in [-0.05, 0) is 19.1 Å². The lowest BCUT2D eigenvalue weighted by Gasteiger charge is -2.34. The molecule has 1 aliphatic heterocycles. The molecule has 2 rings (SSSR count). The summed E-state index contributed by atoms with van der Waals surface area (Å²) in [5, 5.41) is 0. The number of rotatable bonds is 4. The van der Waals surface area contributed by atoms with E-state index in [1.54, 1.807) is 0 Å². The van der Waals surface area contributed by atoms with Crippen LogP contribution in [0.15, 0.2) is 18.3 Å². The van der Waals surface area contributed by atoms with Crippen LogP contribution in [-0.2, 0) is 4.74 Å². The zero-order valence-electron chi connectivity index (χ0n) is 11.3. The lowest BCUT2D eigenvalue weighted by atomic mass is 10.0. The SMILES string of the molecule is CC(CN1CCOCC1C)C(=O)c1ccc(F)cn1. The van der Waals surface area contributed by atoms with Gasteiger partial charge in [0.1, 0.15) is 11.5 Å². The Morgan fingerprint density at radius 3 is 3.05 bits per heavy atom. The lowest BCUT2D eigenvalue weighted by molar-refractivity contribution is -0.00529. The molecule has 0 aromatic carbocycles. The van der Waals surface area contributed by atoms with Gasteiger partial charge in [0.05, 0.1) is 19.4 Å². The number of carbonyl (C=O) groups is 1. The van der Waals surface area contributed by atoms with Gasteiger partial charge >= 0.3 is 0 Å². The predicted octanol–water partition coefficient (Wildman–Crippen LogP) is 1.76. The largest absolute Gasteiger partial charge is 0.379 e. The van der Waals surface area contributed by atoms with Crippen LogP contribution < -0.4 is 0 Å². The number of hydrogen-bond acceptors (Lipinski definition) is 4. The van der Waals surface area contributed by atoms with Crippen LogP contribution in [0.1, 0.15) is 24.3 Å². The Morgan fingerprint density at radius 2 is 2.42 bits per heavy atom. The number of Topliss-reactive ketones (excluding diaryl/α,β-unsaturated/α-hetero) is 1. The van der Waals surface area contributed by atoms with Crippen molar-refractivity contribution in [2.45, 2.75) is 19.9 Å². The van der Waals surface area contributed by atoms with E-state index in [1.165, 1.54) is 12.1 Å². The van der Waals surface area contributed by atoms with E-state index >= 15 is 0 Å². The summed E-state index contributed by atoms with van der Waals surface area (Å²) in [6, 6.07) is 3.03. The van der Waals surface area contributed by atoms with Crippen molar-refractivity contribution >= 4 is 5.78 Å². The second kappa shape index (κ2) is 6.21. The minimum atomic E-state index is -0.425. The number of hydrogen-bond donors (Lipinski definition) is 0. The summed E-state index contributed by atoms with van der Waals surface area (Å²) in [6.07, 6.45) is 1.08. The molecule has 0 saturated carbocycles. The maximum atomic E-state index is 12.8. The summed E-state index contributed by atoms with van der Waals surface area (Å²) < 4.78 is 18.2. The van der Waals surface area contributed by atoms with Crippen molar-refractivity contribution in [3.63, 3.8) is 0 Å². The first-order valence-corrected chi connectivity index (χ1v) is 6.55. The molecule has 0 aliphatic carbocycles. The third-order valence-electron chi connectivity index (χ3n) is 3.44. The van der Waals surface area contributed by atoms with Gasteiger partial charge in [-0.3, -0.25) is 14.7 Å². The van der Waals surface area contributed by atoms with Crippen molar-refractivity contribution in [1.82, 2.24) is 9.88 Å². The molecular formula is C14H19FN2O2. The molecule has 2 atom stereocenters. The summed E-state index contributed by atoms with van der Waals surface area (Å²) in [5.74, 6) is -0.622. The molecule has 104 valence electrons. The zero-order chi connectivity index (χ0) is 13.8. The number of pyridine rings is 1. The van der Waals surface area contributed by atoms with Crippen molar-refractivity contribution < 1.29 is 13.9 Å². The Bertz CT molecular complexity index is 436. The van der Waals surface area contributed by atoms with Crippen molar-refractivity contribution in [2.24, 2.45) is 5.92 Å². The van der Waals surface area contributed by atoms with Gasteiger partial charge < -0.3 is 4.74 Å². The molecule has 0 amide bonds. The number of halogens is 1. The maximum Gasteiger partial charge on any atom is 0.185 e. The second-order valence-corrected chi connectivity index (χ2v) is 5.05. The molecule has 0 radical (unpaired) electrons. The van der Waals surface area contributed by atoms with E-state index < -0.39 is 5.82 Å². The highest BCUT2D eigenvalue weighted by atomic mass is 19.1. The van der Waals surface area contributed by atoms with Gasteiger partial charge in [-0.1, -0.05) is 6.92 Å². The van der Waals surface area contributed by atoms with Crippen LogP contribution in [-0.4, -0.2) is 48.0 Å². The van der Waals surface area contributed by atoms with Crippen molar-refractivity contribution in [1.29, 1.82) is 0 Å². The highest BCUT2D eigenvalue weighted by Crippen LogP contribution is 2.13. The first-order chi connectivity index (χ1) is 9.08. The smallest absolute Gasteiger partial charge is 0.185 e. The molecule has 0 N–H and O–H groups in total. The molecule has 1 aromatic rings. The zero-order valence-corrected chi connectivity index (χ0v) is 11.3. The molecule has 19 heavy (non-hydrogen) atoms. The Morgan fingerprint density at radius 1 is 1.63 bits per heavy atom. The highest BCUT2D eigenvalue weighted by molar-refractivity contribution is 5.95. The van der Waals surface area contributed by atoms with E-state index in [0.29, 0.717) is 31.5 Å². The van der Waals surface area contributed by atoms with Crippen LogP contribution in [0.4, 0.5) is 4.39 Å². The van der Waals surface area contributed by atoms with E-state index in [-0.39, 0.29) is 11.7 Å². The molecule has 0 spiro atoms. The normalized spacial score (nSPS) is 22.2. The van der Waals surface area contributed by atoms with Gasteiger partial charge in [0.15, 0.2) is 5.78 Å². The first-order valence-electron chi connectivity index (χ1n) is 6.55. The number of aromatic nitrogens is 1. The topological polar surface area (TPSA) is 42.4 Å². The van der Waals surface area contributed by atoms with Crippen LogP contribution >= 0.6 is 0 Å². The van der Waals surface area contributed by atoms with Gasteiger partial charge in [0.25, 0.3) is 0 Å². The lowest BCUT2D eigenvalue weighted by Crippen LogP contribution is -2.46. The van der Waals surface area contributed by atoms with E-state index in [2.05, 4.69) is 16.8 Å². The van der Waals surface area contributed by atoms with Crippen LogP contribution in [0.3, 0.4) is 0 Å². The minimum absolute atomic E-state index is 0.0429. The molecule has 4 nitrogen and oxygen atoms in total. The van der Waals surface area contributed by atoms with E-state index in [9.17, 15) is 9.18 Å². The van der Waals surface area contributed by atoms with Crippen molar-refractivity contribution in [2.75, 3.05) is 26.3 Å². The summed E-state index contributed by atoms with van der Waals surface area (Å²) in [5.41, 5.74) is 0.329. The first kappa shape index (κ1) is 14.1. The van der Waals surface area contributed by atoms with Crippen LogP contribution in [0.25, 0.3) is 0 Å². The van der Waals surface area contributed by atoms with Crippen molar-refractivity contribution in [3.8, 4) is 0 Å². The van der Waals surface area contributed by atoms with Crippen molar-refractivity contribution in [3.05, 3.63) is 29.8 Å². The average Bonchev–Trinajstić information content (AvgIpc) is 2.41. The summed E-state index contributed by atoms with van der Waals surface area (Å²) in [7, 11) is 0. The van der Waals surface area contributed by atoms with Gasteiger partial charge in [-0.25, -0.2) is 4.39 Å². The number of nitrogens with zero attached hydrogens (tertiary/aromatic N) is 2. The fourth-order valence-electron chi connectivity index (χ4n) is 2.24. The van der Waals surface area contributed by atoms with Gasteiger partial charge in [-0.15, -0.1) is 0 Å². The van der Waals surface area contributed by atoms with Gasteiger partial charge in [0, 0.05) is 25.0 Å². The monoisotopic (exact) mass is 266 g/mol. The predicted molar refractivity (Wildman–Crippen MR) is 69.5 cm³/mol. The number of morpholine rings is 1. The third kappa shape index (κ3) is 3.58. The Labute approximate surface area is 112 Å². The van der Waals surface area contributed by atoms with E-state index in [1.807, 2.05) is 6.92 Å². The average molecular weight is 266 g/mol. The Kier molecular flexibility index (Phi) is 4.61. The fraction of sp³-hybridized carbons (Fsp3) is 0.571. The molecular weight excluding hydrogens is 247 g/mol. The number of carbonyl (C=O) groups excluding carboxylic acids is 1. The maximum absolute atomic E-state index is 12.8. The standard InChI is InChI=1S/C14H19FN2O2/c1-10(8-17-5-6-19-9-11(17)2)14(18)13-4-3-12(15)7-16-13/h3-4,7,10-11H,5-6,8-9H2,1-2H3. The van der Waals surface area contributed by atoms with E-state index in [4.69, 9.17) is 4.74 Å². The molecule has 1 aliphatic rings. The third-order valence-corrected chi connectivity index (χ3v) is 3.44. The molecule has 1 fully saturated rings. The van der Waals surface area contributed by atoms with Crippen LogP contribution in [0, 0.1) is 11.7 Å². The molecule has 2 unspecified atom stereocenters. The van der Waals surface area contributed by atoms with Gasteiger partial charge in [-0.2, -0.15) is 0 Å². The Balaban J connectivity index is 1.97. The van der Waals surface area contributed by atoms with Crippen LogP contribution in [0.2, 0.25) is 0 Å². The molecule has 1 saturated heterocycles. The molecule has 2 heterocycles. The van der Waals surface area contributed by atoms with Gasteiger partial charge in [0.2, 0.25) is 0 Å². The number of ether oxygens (including phenoxy) is 1. The summed E-state index contributed by atoms with van der Waals surface area (Å²) in [4.78, 5) is 18.3.